The molecule has 2 heterocycles. The molecule has 2 amide bonds. The Morgan fingerprint density at radius 1 is 1.06 bits per heavy atom. The zero-order valence-corrected chi connectivity index (χ0v) is 20.1. The van der Waals surface area contributed by atoms with Crippen LogP contribution in [-0.2, 0) is 22.4 Å². The lowest BCUT2D eigenvalue weighted by Gasteiger charge is -2.38. The molecule has 4 rings (SSSR count). The van der Waals surface area contributed by atoms with E-state index in [4.69, 9.17) is 4.74 Å². The molecule has 0 aliphatic carbocycles. The van der Waals surface area contributed by atoms with Crippen molar-refractivity contribution in [2.75, 3.05) is 26.7 Å². The molecule has 5 nitrogen and oxygen atoms in total. The molecule has 2 fully saturated rings. The molecule has 2 aliphatic heterocycles. The van der Waals surface area contributed by atoms with Crippen molar-refractivity contribution in [3.63, 3.8) is 0 Å². The summed E-state index contributed by atoms with van der Waals surface area (Å²) in [7, 11) is 1.64. The number of methoxy groups -OCH3 is 1. The molecular formula is C28H36N2O3. The fourth-order valence-electron chi connectivity index (χ4n) is 5.48. The van der Waals surface area contributed by atoms with Gasteiger partial charge in [-0.1, -0.05) is 56.3 Å². The van der Waals surface area contributed by atoms with Crippen LogP contribution in [0.15, 0.2) is 54.6 Å². The van der Waals surface area contributed by atoms with Crippen molar-refractivity contribution >= 4 is 11.8 Å². The van der Waals surface area contributed by atoms with Crippen LogP contribution in [0.4, 0.5) is 0 Å². The number of hydrogen-bond donors (Lipinski definition) is 0. The van der Waals surface area contributed by atoms with Gasteiger partial charge in [0, 0.05) is 25.7 Å². The van der Waals surface area contributed by atoms with E-state index >= 15 is 0 Å². The first kappa shape index (κ1) is 23.3. The molecule has 2 aromatic rings. The van der Waals surface area contributed by atoms with Crippen molar-refractivity contribution in [2.24, 2.45) is 11.3 Å². The van der Waals surface area contributed by atoms with Gasteiger partial charge in [-0.25, -0.2) is 0 Å². The van der Waals surface area contributed by atoms with Crippen LogP contribution in [-0.4, -0.2) is 54.4 Å². The van der Waals surface area contributed by atoms with Gasteiger partial charge < -0.3 is 14.5 Å². The summed E-state index contributed by atoms with van der Waals surface area (Å²) in [5.41, 5.74) is 1.93. The maximum Gasteiger partial charge on any atom is 0.229 e. The third-order valence-corrected chi connectivity index (χ3v) is 7.22. The number of hydrogen-bond acceptors (Lipinski definition) is 3. The Bertz CT molecular complexity index is 964. The second-order valence-electron chi connectivity index (χ2n) is 10.1. The molecule has 1 unspecified atom stereocenters. The highest BCUT2D eigenvalue weighted by molar-refractivity contribution is 5.86. The molecule has 2 saturated heterocycles. The minimum Gasteiger partial charge on any atom is -0.497 e. The lowest BCUT2D eigenvalue weighted by Crippen LogP contribution is -2.47. The lowest BCUT2D eigenvalue weighted by molar-refractivity contribution is -0.143. The van der Waals surface area contributed by atoms with E-state index in [0.29, 0.717) is 31.3 Å². The first-order chi connectivity index (χ1) is 15.9. The van der Waals surface area contributed by atoms with Gasteiger partial charge in [0.25, 0.3) is 0 Å². The maximum atomic E-state index is 13.7. The van der Waals surface area contributed by atoms with E-state index in [-0.39, 0.29) is 17.4 Å². The highest BCUT2D eigenvalue weighted by Gasteiger charge is 2.52. The lowest BCUT2D eigenvalue weighted by atomic mass is 9.75. The standard InChI is InChI=1S/C28H36N2O3/c1-21(2)20-30-24(16-22-8-5-4-6-9-22)19-28(27(30)32)12-14-29(15-13-28)26(31)18-23-10-7-11-25(17-23)33-3/h4-11,17,21,24H,12-16,18-20H2,1-3H3. The van der Waals surface area contributed by atoms with Crippen molar-refractivity contribution < 1.29 is 14.3 Å². The fourth-order valence-corrected chi connectivity index (χ4v) is 5.48. The first-order valence-corrected chi connectivity index (χ1v) is 12.2. The third-order valence-electron chi connectivity index (χ3n) is 7.22. The van der Waals surface area contributed by atoms with Crippen molar-refractivity contribution in [1.82, 2.24) is 9.80 Å². The highest BCUT2D eigenvalue weighted by Crippen LogP contribution is 2.45. The Labute approximate surface area is 197 Å². The number of carbonyl (C=O) groups excluding carboxylic acids is 2. The molecule has 5 heteroatoms. The number of likely N-dealkylation sites (tertiary alicyclic amines) is 2. The van der Waals surface area contributed by atoms with Gasteiger partial charge in [-0.15, -0.1) is 0 Å². The molecule has 0 saturated carbocycles. The quantitative estimate of drug-likeness (QED) is 0.633. The minimum atomic E-state index is -0.318. The zero-order valence-electron chi connectivity index (χ0n) is 20.1. The predicted octanol–water partition coefficient (Wildman–Crippen LogP) is 4.35. The molecule has 176 valence electrons. The summed E-state index contributed by atoms with van der Waals surface area (Å²) in [6.45, 7) is 6.47. The Morgan fingerprint density at radius 2 is 1.76 bits per heavy atom. The maximum absolute atomic E-state index is 13.7. The van der Waals surface area contributed by atoms with Crippen LogP contribution in [0.25, 0.3) is 0 Å². The van der Waals surface area contributed by atoms with Crippen LogP contribution in [0.2, 0.25) is 0 Å². The van der Waals surface area contributed by atoms with E-state index in [0.717, 1.165) is 43.5 Å². The molecule has 2 aromatic carbocycles. The molecule has 1 atom stereocenters. The number of carbonyl (C=O) groups is 2. The number of amides is 2. The molecule has 0 bridgehead atoms. The first-order valence-electron chi connectivity index (χ1n) is 12.2. The van der Waals surface area contributed by atoms with Crippen molar-refractivity contribution in [1.29, 1.82) is 0 Å². The Morgan fingerprint density at radius 3 is 2.42 bits per heavy atom. The second kappa shape index (κ2) is 9.98. The monoisotopic (exact) mass is 448 g/mol. The van der Waals surface area contributed by atoms with E-state index in [1.807, 2.05) is 35.2 Å². The largest absolute Gasteiger partial charge is 0.497 e. The highest BCUT2D eigenvalue weighted by atomic mass is 16.5. The summed E-state index contributed by atoms with van der Waals surface area (Å²) in [5, 5.41) is 0. The van der Waals surface area contributed by atoms with E-state index in [9.17, 15) is 9.59 Å². The number of piperidine rings is 1. The smallest absolute Gasteiger partial charge is 0.229 e. The van der Waals surface area contributed by atoms with Crippen LogP contribution >= 0.6 is 0 Å². The number of rotatable bonds is 7. The van der Waals surface area contributed by atoms with E-state index < -0.39 is 0 Å². The zero-order chi connectivity index (χ0) is 23.4. The average molecular weight is 449 g/mol. The average Bonchev–Trinajstić information content (AvgIpc) is 3.05. The van der Waals surface area contributed by atoms with Crippen molar-refractivity contribution in [3.05, 3.63) is 65.7 Å². The van der Waals surface area contributed by atoms with Crippen LogP contribution in [0.3, 0.4) is 0 Å². The van der Waals surface area contributed by atoms with Gasteiger partial charge in [0.1, 0.15) is 5.75 Å². The summed E-state index contributed by atoms with van der Waals surface area (Å²) in [4.78, 5) is 30.7. The summed E-state index contributed by atoms with van der Waals surface area (Å²) in [6, 6.07) is 18.4. The molecule has 0 aromatic heterocycles. The number of ether oxygens (including phenoxy) is 1. The number of benzene rings is 2. The van der Waals surface area contributed by atoms with Gasteiger partial charge in [-0.3, -0.25) is 9.59 Å². The van der Waals surface area contributed by atoms with Gasteiger partial charge in [0.15, 0.2) is 0 Å². The van der Waals surface area contributed by atoms with E-state index in [1.54, 1.807) is 7.11 Å². The van der Waals surface area contributed by atoms with Gasteiger partial charge in [0.05, 0.1) is 18.9 Å². The second-order valence-corrected chi connectivity index (χ2v) is 10.1. The van der Waals surface area contributed by atoms with Crippen LogP contribution < -0.4 is 4.74 Å². The van der Waals surface area contributed by atoms with Crippen LogP contribution in [0.5, 0.6) is 5.75 Å². The normalized spacial score (nSPS) is 20.0. The SMILES string of the molecule is COc1cccc(CC(=O)N2CCC3(CC2)CC(Cc2ccccc2)N(CC(C)C)C3=O)c1. The summed E-state index contributed by atoms with van der Waals surface area (Å²) in [6.07, 6.45) is 3.68. The van der Waals surface area contributed by atoms with Crippen LogP contribution in [0, 0.1) is 11.3 Å². The van der Waals surface area contributed by atoms with Crippen molar-refractivity contribution in [2.45, 2.75) is 52.0 Å². The molecule has 33 heavy (non-hydrogen) atoms. The van der Waals surface area contributed by atoms with Gasteiger partial charge in [-0.2, -0.15) is 0 Å². The van der Waals surface area contributed by atoms with Gasteiger partial charge >= 0.3 is 0 Å². The summed E-state index contributed by atoms with van der Waals surface area (Å²) in [5.74, 6) is 1.64. The molecule has 0 N–H and O–H groups in total. The Balaban J connectivity index is 1.42. The molecule has 1 spiro atoms. The third kappa shape index (κ3) is 5.23. The summed E-state index contributed by atoms with van der Waals surface area (Å²) < 4.78 is 5.28. The summed E-state index contributed by atoms with van der Waals surface area (Å²) >= 11 is 0. The molecule has 0 radical (unpaired) electrons. The molecular weight excluding hydrogens is 412 g/mol. The topological polar surface area (TPSA) is 49.9 Å². The minimum absolute atomic E-state index is 0.128. The van der Waals surface area contributed by atoms with Crippen molar-refractivity contribution in [3.8, 4) is 5.75 Å². The molecule has 2 aliphatic rings. The fraction of sp³-hybridized carbons (Fsp3) is 0.500. The van der Waals surface area contributed by atoms with Gasteiger partial charge in [0.2, 0.25) is 11.8 Å². The predicted molar refractivity (Wildman–Crippen MR) is 130 cm³/mol. The van der Waals surface area contributed by atoms with E-state index in [1.165, 1.54) is 5.56 Å². The number of nitrogens with zero attached hydrogens (tertiary/aromatic N) is 2. The van der Waals surface area contributed by atoms with Crippen LogP contribution in [0.1, 0.15) is 44.2 Å². The Hall–Kier alpha value is -2.82. The Kier molecular flexibility index (Phi) is 7.06. The van der Waals surface area contributed by atoms with E-state index in [2.05, 4.69) is 43.0 Å². The van der Waals surface area contributed by atoms with Gasteiger partial charge in [-0.05, 0) is 54.9 Å².